The molecule has 0 radical (unpaired) electrons. The highest BCUT2D eigenvalue weighted by Gasteiger charge is 2.22. The number of carbonyl (C=O) groups excluding carboxylic acids is 2. The van der Waals surface area contributed by atoms with E-state index in [-0.39, 0.29) is 11.2 Å². The Morgan fingerprint density at radius 3 is 2.65 bits per heavy atom. The molecule has 10 heteroatoms. The zero-order chi connectivity index (χ0) is 26.7. The molecule has 4 N–H and O–H groups in total. The number of aromatic amines is 1. The number of allylic oxidation sites excluding steroid dienone is 3. The standard InChI is InChI=1S/C27H40N6O3S/c1-3-4-5-6-7-8-9-10-11-12-13-17-24(37-19-25(28-20-34)29-21(2)35)26(36)22-15-14-16-23(18-22)27-30-32-33-31-27/h11-18,20,24-26,36H,3-10,19H2,1-2H3,(H,28,34)(H,29,35)(H,30,31,32,33)/b12-11-,17-13+/t24-,25-,26+/m1/s1. The van der Waals surface area contributed by atoms with Gasteiger partial charge in [0, 0.05) is 18.2 Å². The van der Waals surface area contributed by atoms with Crippen LogP contribution in [-0.2, 0) is 9.59 Å². The van der Waals surface area contributed by atoms with Gasteiger partial charge in [0.2, 0.25) is 18.1 Å². The van der Waals surface area contributed by atoms with Gasteiger partial charge in [-0.15, -0.1) is 22.0 Å². The second kappa shape index (κ2) is 18.3. The number of hydrogen-bond donors (Lipinski definition) is 4. The van der Waals surface area contributed by atoms with Gasteiger partial charge in [-0.25, -0.2) is 0 Å². The van der Waals surface area contributed by atoms with E-state index in [4.69, 9.17) is 0 Å². The Hall–Kier alpha value is -2.98. The summed E-state index contributed by atoms with van der Waals surface area (Å²) < 4.78 is 0. The molecule has 0 aliphatic heterocycles. The molecule has 202 valence electrons. The maximum Gasteiger partial charge on any atom is 0.218 e. The second-order valence-electron chi connectivity index (χ2n) is 8.86. The minimum atomic E-state index is -0.834. The molecule has 0 unspecified atom stereocenters. The van der Waals surface area contributed by atoms with Crippen LogP contribution in [0, 0.1) is 0 Å². The summed E-state index contributed by atoms with van der Waals surface area (Å²) >= 11 is 1.44. The van der Waals surface area contributed by atoms with Crippen molar-refractivity contribution in [3.05, 3.63) is 54.1 Å². The number of carbonyl (C=O) groups is 2. The fourth-order valence-electron chi connectivity index (χ4n) is 3.82. The van der Waals surface area contributed by atoms with E-state index in [0.717, 1.165) is 12.0 Å². The number of aliphatic hydroxyl groups is 1. The van der Waals surface area contributed by atoms with Gasteiger partial charge < -0.3 is 15.7 Å². The van der Waals surface area contributed by atoms with Crippen LogP contribution in [0.15, 0.2) is 48.6 Å². The molecule has 9 nitrogen and oxygen atoms in total. The molecule has 2 aromatic rings. The number of rotatable bonds is 19. The Morgan fingerprint density at radius 2 is 1.95 bits per heavy atom. The summed E-state index contributed by atoms with van der Waals surface area (Å²) in [5.74, 6) is 0.591. The zero-order valence-electron chi connectivity index (χ0n) is 21.8. The average molecular weight is 529 g/mol. The van der Waals surface area contributed by atoms with Crippen molar-refractivity contribution in [1.82, 2.24) is 31.3 Å². The molecular weight excluding hydrogens is 488 g/mol. The predicted molar refractivity (Wildman–Crippen MR) is 149 cm³/mol. The lowest BCUT2D eigenvalue weighted by Gasteiger charge is -2.23. The van der Waals surface area contributed by atoms with Gasteiger partial charge in [-0.1, -0.05) is 88.0 Å². The molecule has 0 bridgehead atoms. The molecule has 37 heavy (non-hydrogen) atoms. The minimum absolute atomic E-state index is 0.242. The van der Waals surface area contributed by atoms with Gasteiger partial charge in [-0.2, -0.15) is 5.21 Å². The molecule has 0 spiro atoms. The SMILES string of the molecule is CCCCCCCCC/C=C\C=C\[C@@H](SC[C@H](NC=O)NC(C)=O)[C@@H](O)c1cccc(-c2nn[nH]n2)c1. The lowest BCUT2D eigenvalue weighted by Crippen LogP contribution is -2.46. The quantitative estimate of drug-likeness (QED) is 0.0915. The van der Waals surface area contributed by atoms with Gasteiger partial charge in [0.1, 0.15) is 6.17 Å². The number of thioether (sulfide) groups is 1. The van der Waals surface area contributed by atoms with Crippen LogP contribution >= 0.6 is 11.8 Å². The molecule has 2 amide bonds. The van der Waals surface area contributed by atoms with Crippen LogP contribution in [0.4, 0.5) is 0 Å². The number of aliphatic hydroxyl groups excluding tert-OH is 1. The number of tetrazole rings is 1. The van der Waals surface area contributed by atoms with E-state index in [1.165, 1.54) is 63.6 Å². The Morgan fingerprint density at radius 1 is 1.16 bits per heavy atom. The highest BCUT2D eigenvalue weighted by molar-refractivity contribution is 8.00. The number of hydrogen-bond acceptors (Lipinski definition) is 7. The summed E-state index contributed by atoms with van der Waals surface area (Å²) in [5.41, 5.74) is 1.45. The first-order valence-electron chi connectivity index (χ1n) is 13.0. The van der Waals surface area contributed by atoms with Crippen LogP contribution in [0.25, 0.3) is 11.4 Å². The van der Waals surface area contributed by atoms with E-state index in [0.29, 0.717) is 23.6 Å². The summed E-state index contributed by atoms with van der Waals surface area (Å²) in [5, 5.41) is 30.3. The lowest BCUT2D eigenvalue weighted by atomic mass is 10.0. The van der Waals surface area contributed by atoms with Gasteiger partial charge in [0.05, 0.1) is 11.4 Å². The first-order chi connectivity index (χ1) is 18.0. The van der Waals surface area contributed by atoms with Gasteiger partial charge in [0.25, 0.3) is 0 Å². The molecule has 2 rings (SSSR count). The molecule has 1 heterocycles. The van der Waals surface area contributed by atoms with E-state index < -0.39 is 12.3 Å². The third kappa shape index (κ3) is 12.2. The van der Waals surface area contributed by atoms with Crippen LogP contribution in [0.1, 0.15) is 76.9 Å². The van der Waals surface area contributed by atoms with Crippen molar-refractivity contribution in [2.45, 2.75) is 82.7 Å². The summed E-state index contributed by atoms with van der Waals surface area (Å²) in [6, 6.07) is 7.38. The van der Waals surface area contributed by atoms with Crippen LogP contribution in [0.3, 0.4) is 0 Å². The number of nitrogens with one attached hydrogen (secondary N) is 3. The largest absolute Gasteiger partial charge is 0.387 e. The van der Waals surface area contributed by atoms with Gasteiger partial charge in [0.15, 0.2) is 0 Å². The molecule has 0 aliphatic carbocycles. The van der Waals surface area contributed by atoms with Crippen molar-refractivity contribution in [3.63, 3.8) is 0 Å². The summed E-state index contributed by atoms with van der Waals surface area (Å²) in [6.45, 7) is 3.63. The summed E-state index contributed by atoms with van der Waals surface area (Å²) in [4.78, 5) is 22.5. The highest BCUT2D eigenvalue weighted by atomic mass is 32.2. The monoisotopic (exact) mass is 528 g/mol. The number of aromatic nitrogens is 4. The number of amides is 2. The van der Waals surface area contributed by atoms with Crippen LogP contribution in [0.2, 0.25) is 0 Å². The molecule has 0 aliphatic rings. The van der Waals surface area contributed by atoms with Crippen molar-refractivity contribution < 1.29 is 14.7 Å². The average Bonchev–Trinajstić information content (AvgIpc) is 3.43. The summed E-state index contributed by atoms with van der Waals surface area (Å²) in [6.07, 6.45) is 17.3. The summed E-state index contributed by atoms with van der Waals surface area (Å²) in [7, 11) is 0. The molecule has 1 aromatic carbocycles. The number of nitrogens with zero attached hydrogens (tertiary/aromatic N) is 3. The Labute approximate surface area is 224 Å². The van der Waals surface area contributed by atoms with Crippen LogP contribution in [0.5, 0.6) is 0 Å². The molecular formula is C27H40N6O3S. The smallest absolute Gasteiger partial charge is 0.218 e. The number of unbranched alkanes of at least 4 members (excludes halogenated alkanes) is 7. The Balaban J connectivity index is 2.01. The fourth-order valence-corrected chi connectivity index (χ4v) is 4.96. The van der Waals surface area contributed by atoms with E-state index in [1.54, 1.807) is 0 Å². The normalized spacial score (nSPS) is 14.0. The third-order valence-electron chi connectivity index (χ3n) is 5.77. The number of H-pyrrole nitrogens is 1. The molecule has 3 atom stereocenters. The molecule has 0 fully saturated rings. The fraction of sp³-hybridized carbons (Fsp3) is 0.519. The van der Waals surface area contributed by atoms with Crippen molar-refractivity contribution in [2.75, 3.05) is 5.75 Å². The van der Waals surface area contributed by atoms with E-state index in [9.17, 15) is 14.7 Å². The van der Waals surface area contributed by atoms with Crippen molar-refractivity contribution >= 4 is 24.1 Å². The van der Waals surface area contributed by atoms with Crippen molar-refractivity contribution in [3.8, 4) is 11.4 Å². The van der Waals surface area contributed by atoms with Gasteiger partial charge in [-0.05, 0) is 29.7 Å². The van der Waals surface area contributed by atoms with Crippen LogP contribution < -0.4 is 10.6 Å². The third-order valence-corrected chi connectivity index (χ3v) is 7.09. The van der Waals surface area contributed by atoms with Crippen LogP contribution in [-0.4, -0.2) is 55.2 Å². The van der Waals surface area contributed by atoms with E-state index in [2.05, 4.69) is 44.3 Å². The topological polar surface area (TPSA) is 133 Å². The van der Waals surface area contributed by atoms with Crippen molar-refractivity contribution in [1.29, 1.82) is 0 Å². The molecule has 0 saturated carbocycles. The van der Waals surface area contributed by atoms with Gasteiger partial charge >= 0.3 is 0 Å². The highest BCUT2D eigenvalue weighted by Crippen LogP contribution is 2.30. The van der Waals surface area contributed by atoms with E-state index in [1.807, 2.05) is 42.5 Å². The van der Waals surface area contributed by atoms with Gasteiger partial charge in [-0.3, -0.25) is 9.59 Å². The predicted octanol–water partition coefficient (Wildman–Crippen LogP) is 4.46. The van der Waals surface area contributed by atoms with Crippen molar-refractivity contribution in [2.24, 2.45) is 0 Å². The lowest BCUT2D eigenvalue weighted by molar-refractivity contribution is -0.120. The minimum Gasteiger partial charge on any atom is -0.387 e. The maximum atomic E-state index is 11.5. The zero-order valence-corrected chi connectivity index (χ0v) is 22.6. The second-order valence-corrected chi connectivity index (χ2v) is 10.1. The Bertz CT molecular complexity index is 967. The molecule has 0 saturated heterocycles. The number of benzene rings is 1. The van der Waals surface area contributed by atoms with E-state index >= 15 is 0 Å². The Kier molecular flexibility index (Phi) is 15.0. The first-order valence-corrected chi connectivity index (χ1v) is 14.0. The molecule has 1 aromatic heterocycles. The first kappa shape index (κ1) is 30.2. The maximum absolute atomic E-state index is 11.5.